The molecule has 0 saturated heterocycles. The molecule has 0 bridgehead atoms. The molecule has 0 fully saturated rings. The van der Waals surface area contributed by atoms with Gasteiger partial charge < -0.3 is 9.47 Å². The van der Waals surface area contributed by atoms with Gasteiger partial charge in [-0.3, -0.25) is 0 Å². The Morgan fingerprint density at radius 2 is 1.38 bits per heavy atom. The number of ether oxygens (including phenoxy) is 2. The van der Waals surface area contributed by atoms with E-state index in [0.29, 0.717) is 25.3 Å². The first-order chi connectivity index (χ1) is 10.1. The molecule has 0 amide bonds. The van der Waals surface area contributed by atoms with Gasteiger partial charge in [0.25, 0.3) is 0 Å². The molecule has 0 spiro atoms. The van der Waals surface area contributed by atoms with Crippen molar-refractivity contribution in [1.82, 2.24) is 0 Å². The largest absolute Gasteiger partial charge is 0.478 e. The van der Waals surface area contributed by atoms with Crippen molar-refractivity contribution >= 4 is 35.3 Å². The van der Waals surface area contributed by atoms with Crippen LogP contribution in [0.3, 0.4) is 0 Å². The average Bonchev–Trinajstić information content (AvgIpc) is 3.12. The summed E-state index contributed by atoms with van der Waals surface area (Å²) in [6.45, 7) is 5.59. The van der Waals surface area contributed by atoms with Crippen LogP contribution in [-0.4, -0.2) is 61.1 Å². The Hall–Kier alpha value is -0.360. The Morgan fingerprint density at radius 1 is 0.952 bits per heavy atom. The van der Waals surface area contributed by atoms with Crippen LogP contribution in [0.25, 0.3) is 0 Å². The Kier molecular flexibility index (Phi) is 6.29. The maximum Gasteiger partial charge on any atom is 0.199 e. The van der Waals surface area contributed by atoms with Gasteiger partial charge in [0, 0.05) is 0 Å². The first kappa shape index (κ1) is 17.0. The van der Waals surface area contributed by atoms with E-state index in [1.165, 1.54) is 0 Å². The minimum Gasteiger partial charge on any atom is -0.478 e. The number of aliphatic imine (C=N–C) groups is 2. The molecule has 0 aromatic heterocycles. The minimum atomic E-state index is -0.345. The molecule has 2 rings (SSSR count). The van der Waals surface area contributed by atoms with E-state index in [-0.39, 0.29) is 5.41 Å². The van der Waals surface area contributed by atoms with Crippen molar-refractivity contribution < 1.29 is 9.47 Å². The minimum absolute atomic E-state index is 0.293. The summed E-state index contributed by atoms with van der Waals surface area (Å²) < 4.78 is 11.7. The highest BCUT2D eigenvalue weighted by Gasteiger charge is 2.41. The molecule has 6 heteroatoms. The smallest absolute Gasteiger partial charge is 0.199 e. The zero-order chi connectivity index (χ0) is 15.3. The topological polar surface area (TPSA) is 43.2 Å². The molecule has 120 valence electrons. The van der Waals surface area contributed by atoms with Crippen molar-refractivity contribution in [3.05, 3.63) is 0 Å². The normalized spacial score (nSPS) is 25.3. The summed E-state index contributed by atoms with van der Waals surface area (Å²) >= 11 is 3.71. The van der Waals surface area contributed by atoms with Crippen LogP contribution in [0.2, 0.25) is 0 Å². The van der Waals surface area contributed by atoms with Gasteiger partial charge in [0.1, 0.15) is 18.6 Å². The first-order valence-corrected chi connectivity index (χ1v) is 10.3. The fourth-order valence-electron chi connectivity index (χ4n) is 2.41. The van der Waals surface area contributed by atoms with Gasteiger partial charge in [-0.05, 0) is 50.7 Å². The maximum atomic E-state index is 5.83. The summed E-state index contributed by atoms with van der Waals surface area (Å²) in [7, 11) is 0. The molecule has 0 saturated carbocycles. The molecule has 0 unspecified atom stereocenters. The van der Waals surface area contributed by atoms with E-state index in [4.69, 9.17) is 19.5 Å². The van der Waals surface area contributed by atoms with E-state index in [1.54, 1.807) is 0 Å². The maximum absolute atomic E-state index is 5.83. The second-order valence-electron chi connectivity index (χ2n) is 5.99. The van der Waals surface area contributed by atoms with Gasteiger partial charge in [-0.25, -0.2) is 9.98 Å². The summed E-state index contributed by atoms with van der Waals surface area (Å²) in [5.74, 6) is 3.83. The number of hydrogen-bond donors (Lipinski definition) is 0. The quantitative estimate of drug-likeness (QED) is 0.686. The highest BCUT2D eigenvalue weighted by Crippen LogP contribution is 2.30. The van der Waals surface area contributed by atoms with Gasteiger partial charge in [0.15, 0.2) is 11.8 Å². The van der Waals surface area contributed by atoms with E-state index >= 15 is 0 Å². The van der Waals surface area contributed by atoms with Gasteiger partial charge in [-0.2, -0.15) is 23.5 Å². The van der Waals surface area contributed by atoms with E-state index in [0.717, 1.165) is 36.1 Å². The van der Waals surface area contributed by atoms with Crippen LogP contribution in [0, 0.1) is 5.41 Å². The molecule has 2 aliphatic heterocycles. The summed E-state index contributed by atoms with van der Waals surface area (Å²) in [6, 6.07) is 0.585. The van der Waals surface area contributed by atoms with E-state index in [2.05, 4.69) is 26.4 Å². The lowest BCUT2D eigenvalue weighted by atomic mass is 9.93. The standard InChI is InChI=1S/C15H26N2O2S2/c1-15(2,13-16-11(9-18-13)5-7-20-3)14-17-12(10-19-14)6-8-21-4/h11-12H,5-10H2,1-4H3/t11-,12-/m1/s1. The Labute approximate surface area is 136 Å². The van der Waals surface area contributed by atoms with Crippen LogP contribution in [0.15, 0.2) is 9.98 Å². The second-order valence-corrected chi connectivity index (χ2v) is 7.96. The lowest BCUT2D eigenvalue weighted by Crippen LogP contribution is -2.34. The van der Waals surface area contributed by atoms with Crippen molar-refractivity contribution in [1.29, 1.82) is 0 Å². The molecule has 0 aromatic carbocycles. The van der Waals surface area contributed by atoms with Gasteiger partial charge in [0.2, 0.25) is 0 Å². The lowest BCUT2D eigenvalue weighted by molar-refractivity contribution is 0.262. The van der Waals surface area contributed by atoms with Gasteiger partial charge in [0.05, 0.1) is 12.1 Å². The van der Waals surface area contributed by atoms with E-state index < -0.39 is 0 Å². The van der Waals surface area contributed by atoms with Crippen LogP contribution in [0.1, 0.15) is 26.7 Å². The van der Waals surface area contributed by atoms with Crippen LogP contribution in [-0.2, 0) is 9.47 Å². The molecule has 0 aromatic rings. The van der Waals surface area contributed by atoms with Crippen molar-refractivity contribution in [2.24, 2.45) is 15.4 Å². The SMILES string of the molecule is CSCC[C@@H]1COC(C(C)(C)C2=N[C@H](CCSC)CO2)=N1. The Balaban J connectivity index is 1.98. The highest BCUT2D eigenvalue weighted by molar-refractivity contribution is 7.98. The Bertz CT molecular complexity index is 374. The van der Waals surface area contributed by atoms with Crippen LogP contribution in [0.5, 0.6) is 0 Å². The van der Waals surface area contributed by atoms with Crippen LogP contribution >= 0.6 is 23.5 Å². The summed E-state index contributed by atoms with van der Waals surface area (Å²) in [5.41, 5.74) is -0.345. The van der Waals surface area contributed by atoms with E-state index in [9.17, 15) is 0 Å². The first-order valence-electron chi connectivity index (χ1n) is 7.48. The molecular weight excluding hydrogens is 304 g/mol. The highest BCUT2D eigenvalue weighted by atomic mass is 32.2. The molecule has 2 aliphatic rings. The monoisotopic (exact) mass is 330 g/mol. The molecule has 21 heavy (non-hydrogen) atoms. The zero-order valence-corrected chi connectivity index (χ0v) is 15.1. The molecular formula is C15H26N2O2S2. The number of thioether (sulfide) groups is 2. The molecule has 4 nitrogen and oxygen atoms in total. The molecule has 0 aliphatic carbocycles. The lowest BCUT2D eigenvalue weighted by Gasteiger charge is -2.22. The van der Waals surface area contributed by atoms with Crippen molar-refractivity contribution in [3.63, 3.8) is 0 Å². The average molecular weight is 331 g/mol. The molecule has 2 atom stereocenters. The van der Waals surface area contributed by atoms with Crippen LogP contribution in [0.4, 0.5) is 0 Å². The predicted octanol–water partition coefficient (Wildman–Crippen LogP) is 3.11. The number of nitrogens with zero attached hydrogens (tertiary/aromatic N) is 2. The summed E-state index contributed by atoms with van der Waals surface area (Å²) in [5, 5.41) is 0. The van der Waals surface area contributed by atoms with E-state index in [1.807, 2.05) is 23.5 Å². The van der Waals surface area contributed by atoms with Crippen molar-refractivity contribution in [3.8, 4) is 0 Å². The van der Waals surface area contributed by atoms with Gasteiger partial charge in [-0.15, -0.1) is 0 Å². The summed E-state index contributed by atoms with van der Waals surface area (Å²) in [6.07, 6.45) is 6.40. The third-order valence-corrected chi connectivity index (χ3v) is 5.09. The van der Waals surface area contributed by atoms with Crippen molar-refractivity contribution in [2.45, 2.75) is 38.8 Å². The number of hydrogen-bond acceptors (Lipinski definition) is 6. The third-order valence-electron chi connectivity index (χ3n) is 3.80. The molecule has 0 radical (unpaired) electrons. The van der Waals surface area contributed by atoms with Gasteiger partial charge in [-0.1, -0.05) is 0 Å². The summed E-state index contributed by atoms with van der Waals surface area (Å²) in [4.78, 5) is 9.49. The third kappa shape index (κ3) is 4.31. The fraction of sp³-hybridized carbons (Fsp3) is 0.867. The zero-order valence-electron chi connectivity index (χ0n) is 13.4. The fourth-order valence-corrected chi connectivity index (χ4v) is 3.43. The Morgan fingerprint density at radius 3 is 1.76 bits per heavy atom. The van der Waals surface area contributed by atoms with Crippen molar-refractivity contribution in [2.75, 3.05) is 37.2 Å². The second kappa shape index (κ2) is 7.77. The molecule has 0 N–H and O–H groups in total. The predicted molar refractivity (Wildman–Crippen MR) is 94.1 cm³/mol. The van der Waals surface area contributed by atoms with Crippen LogP contribution < -0.4 is 0 Å². The van der Waals surface area contributed by atoms with Gasteiger partial charge >= 0.3 is 0 Å². The molecule has 2 heterocycles. The number of rotatable bonds is 8.